The molecule has 0 bridgehead atoms. The molecule has 3 heteroatoms. The van der Waals surface area contributed by atoms with Crippen LogP contribution in [0.2, 0.25) is 0 Å². The van der Waals surface area contributed by atoms with E-state index in [0.29, 0.717) is 12.4 Å². The molecule has 0 aliphatic carbocycles. The zero-order valence-electron chi connectivity index (χ0n) is 8.81. The molecule has 1 rings (SSSR count). The van der Waals surface area contributed by atoms with Crippen LogP contribution in [0.5, 0.6) is 11.5 Å². The number of benzene rings is 1. The summed E-state index contributed by atoms with van der Waals surface area (Å²) in [6, 6.07) is 4.93. The molecule has 15 heavy (non-hydrogen) atoms. The number of phenolic OH excluding ortho intramolecular Hbond substituents is 1. The van der Waals surface area contributed by atoms with Crippen LogP contribution in [-0.2, 0) is 0 Å². The van der Waals surface area contributed by atoms with Gasteiger partial charge in [0.05, 0.1) is 13.2 Å². The highest BCUT2D eigenvalue weighted by molar-refractivity contribution is 5.59. The summed E-state index contributed by atoms with van der Waals surface area (Å²) < 4.78 is 5.47. The van der Waals surface area contributed by atoms with Crippen molar-refractivity contribution in [3.63, 3.8) is 0 Å². The molecule has 82 valence electrons. The Morgan fingerprint density at radius 3 is 2.87 bits per heavy atom. The van der Waals surface area contributed by atoms with Crippen molar-refractivity contribution in [2.24, 2.45) is 0 Å². The molecule has 0 saturated heterocycles. The molecule has 0 unspecified atom stereocenters. The fourth-order valence-electron chi connectivity index (χ4n) is 1.18. The van der Waals surface area contributed by atoms with Gasteiger partial charge in [0, 0.05) is 11.6 Å². The Hall–Kier alpha value is -1.48. The molecule has 2 N–H and O–H groups in total. The van der Waals surface area contributed by atoms with Crippen molar-refractivity contribution in [1.29, 1.82) is 0 Å². The third-order valence-electron chi connectivity index (χ3n) is 1.86. The van der Waals surface area contributed by atoms with E-state index < -0.39 is 0 Å². The summed E-state index contributed by atoms with van der Waals surface area (Å²) in [6.45, 7) is 2.63. The van der Waals surface area contributed by atoms with Gasteiger partial charge >= 0.3 is 0 Å². The lowest BCUT2D eigenvalue weighted by Gasteiger charge is -2.08. The molecule has 0 aliphatic heterocycles. The summed E-state index contributed by atoms with van der Waals surface area (Å²) in [7, 11) is 0. The van der Waals surface area contributed by atoms with Gasteiger partial charge in [-0.2, -0.15) is 0 Å². The second-order valence-corrected chi connectivity index (χ2v) is 3.16. The standard InChI is InChI=1S/C12H16O3/c1-2-8-15-12-9-11(14)6-5-10(12)4-3-7-13/h3-6,9,13-14H,2,7-8H2,1H3/b4-3+. The molecule has 0 amide bonds. The maximum absolute atomic E-state index is 9.31. The predicted molar refractivity (Wildman–Crippen MR) is 60.0 cm³/mol. The van der Waals surface area contributed by atoms with Crippen molar-refractivity contribution < 1.29 is 14.9 Å². The lowest BCUT2D eigenvalue weighted by Crippen LogP contribution is -1.96. The minimum Gasteiger partial charge on any atom is -0.508 e. The Bertz CT molecular complexity index is 332. The van der Waals surface area contributed by atoms with E-state index in [9.17, 15) is 5.11 Å². The van der Waals surface area contributed by atoms with Gasteiger partial charge in [-0.05, 0) is 18.6 Å². The number of hydrogen-bond acceptors (Lipinski definition) is 3. The Kier molecular flexibility index (Phi) is 4.71. The first kappa shape index (κ1) is 11.6. The number of ether oxygens (including phenoxy) is 1. The average Bonchev–Trinajstić information content (AvgIpc) is 2.25. The predicted octanol–water partition coefficient (Wildman–Crippen LogP) is 2.19. The van der Waals surface area contributed by atoms with Crippen LogP contribution < -0.4 is 4.74 Å². The first-order valence-corrected chi connectivity index (χ1v) is 5.01. The third-order valence-corrected chi connectivity index (χ3v) is 1.86. The van der Waals surface area contributed by atoms with E-state index in [1.54, 1.807) is 30.4 Å². The van der Waals surface area contributed by atoms with Crippen LogP contribution in [0.15, 0.2) is 24.3 Å². The molecule has 1 aromatic carbocycles. The number of aliphatic hydroxyl groups is 1. The van der Waals surface area contributed by atoms with Crippen LogP contribution in [0, 0.1) is 0 Å². The molecule has 0 aliphatic rings. The molecule has 1 aromatic rings. The van der Waals surface area contributed by atoms with Crippen LogP contribution in [-0.4, -0.2) is 23.4 Å². The number of aromatic hydroxyl groups is 1. The minimum atomic E-state index is -0.00586. The van der Waals surface area contributed by atoms with Gasteiger partial charge in [-0.1, -0.05) is 19.1 Å². The van der Waals surface area contributed by atoms with Crippen LogP contribution in [0.1, 0.15) is 18.9 Å². The van der Waals surface area contributed by atoms with Gasteiger partial charge < -0.3 is 14.9 Å². The average molecular weight is 208 g/mol. The summed E-state index contributed by atoms with van der Waals surface area (Å²) in [5.41, 5.74) is 0.857. The zero-order chi connectivity index (χ0) is 11.1. The van der Waals surface area contributed by atoms with Crippen molar-refractivity contribution in [3.8, 4) is 11.5 Å². The van der Waals surface area contributed by atoms with Crippen molar-refractivity contribution in [2.45, 2.75) is 13.3 Å². The van der Waals surface area contributed by atoms with Crippen LogP contribution in [0.25, 0.3) is 6.08 Å². The third kappa shape index (κ3) is 3.64. The molecule has 0 heterocycles. The fraction of sp³-hybridized carbons (Fsp3) is 0.333. The lowest BCUT2D eigenvalue weighted by molar-refractivity contribution is 0.314. The maximum atomic E-state index is 9.31. The Morgan fingerprint density at radius 1 is 1.40 bits per heavy atom. The van der Waals surface area contributed by atoms with E-state index >= 15 is 0 Å². The van der Waals surface area contributed by atoms with Gasteiger partial charge in [-0.25, -0.2) is 0 Å². The van der Waals surface area contributed by atoms with E-state index in [4.69, 9.17) is 9.84 Å². The molecule has 0 atom stereocenters. The Morgan fingerprint density at radius 2 is 2.20 bits per heavy atom. The molecule has 0 radical (unpaired) electrons. The van der Waals surface area contributed by atoms with Crippen molar-refractivity contribution in [2.75, 3.05) is 13.2 Å². The highest BCUT2D eigenvalue weighted by Gasteiger charge is 2.01. The largest absolute Gasteiger partial charge is 0.508 e. The van der Waals surface area contributed by atoms with E-state index in [0.717, 1.165) is 12.0 Å². The normalized spacial score (nSPS) is 10.8. The molecule has 0 aromatic heterocycles. The van der Waals surface area contributed by atoms with Crippen LogP contribution in [0.4, 0.5) is 0 Å². The second kappa shape index (κ2) is 6.09. The topological polar surface area (TPSA) is 49.7 Å². The first-order valence-electron chi connectivity index (χ1n) is 5.01. The monoisotopic (exact) mass is 208 g/mol. The zero-order valence-corrected chi connectivity index (χ0v) is 8.81. The van der Waals surface area contributed by atoms with E-state index in [1.807, 2.05) is 6.92 Å². The molecular formula is C12H16O3. The molecule has 0 fully saturated rings. The second-order valence-electron chi connectivity index (χ2n) is 3.16. The number of rotatable bonds is 5. The van der Waals surface area contributed by atoms with Gasteiger partial charge in [0.25, 0.3) is 0 Å². The van der Waals surface area contributed by atoms with Crippen LogP contribution in [0.3, 0.4) is 0 Å². The number of phenols is 1. The number of hydrogen-bond donors (Lipinski definition) is 2. The van der Waals surface area contributed by atoms with Gasteiger partial charge in [0.1, 0.15) is 11.5 Å². The number of aliphatic hydroxyl groups excluding tert-OH is 1. The van der Waals surface area contributed by atoms with Crippen molar-refractivity contribution in [3.05, 3.63) is 29.8 Å². The summed E-state index contributed by atoms with van der Waals surface area (Å²) in [4.78, 5) is 0. The molecule has 0 saturated carbocycles. The Balaban J connectivity index is 2.87. The minimum absolute atomic E-state index is 0.00586. The smallest absolute Gasteiger partial charge is 0.130 e. The lowest BCUT2D eigenvalue weighted by atomic mass is 10.2. The molecule has 3 nitrogen and oxygen atoms in total. The highest BCUT2D eigenvalue weighted by Crippen LogP contribution is 2.25. The van der Waals surface area contributed by atoms with E-state index in [-0.39, 0.29) is 12.4 Å². The van der Waals surface area contributed by atoms with Gasteiger partial charge in [0.15, 0.2) is 0 Å². The SMILES string of the molecule is CCCOc1cc(O)ccc1/C=C/CO. The summed E-state index contributed by atoms with van der Waals surface area (Å²) in [5.74, 6) is 0.823. The van der Waals surface area contributed by atoms with Gasteiger partial charge in [-0.15, -0.1) is 0 Å². The van der Waals surface area contributed by atoms with Gasteiger partial charge in [0.2, 0.25) is 0 Å². The quantitative estimate of drug-likeness (QED) is 0.779. The Labute approximate surface area is 89.6 Å². The first-order chi connectivity index (χ1) is 7.27. The van der Waals surface area contributed by atoms with Gasteiger partial charge in [-0.3, -0.25) is 0 Å². The summed E-state index contributed by atoms with van der Waals surface area (Å²) >= 11 is 0. The highest BCUT2D eigenvalue weighted by atomic mass is 16.5. The summed E-state index contributed by atoms with van der Waals surface area (Å²) in [5, 5.41) is 18.0. The fourth-order valence-corrected chi connectivity index (χ4v) is 1.18. The molecule has 0 spiro atoms. The van der Waals surface area contributed by atoms with E-state index in [2.05, 4.69) is 0 Å². The van der Waals surface area contributed by atoms with Crippen molar-refractivity contribution in [1.82, 2.24) is 0 Å². The summed E-state index contributed by atoms with van der Waals surface area (Å²) in [6.07, 6.45) is 4.31. The maximum Gasteiger partial charge on any atom is 0.130 e. The molecular weight excluding hydrogens is 192 g/mol. The van der Waals surface area contributed by atoms with Crippen molar-refractivity contribution >= 4 is 6.08 Å². The van der Waals surface area contributed by atoms with Crippen LogP contribution >= 0.6 is 0 Å². The van der Waals surface area contributed by atoms with E-state index in [1.165, 1.54) is 0 Å².